The van der Waals surface area contributed by atoms with Gasteiger partial charge < -0.3 is 5.73 Å². The summed E-state index contributed by atoms with van der Waals surface area (Å²) < 4.78 is 0. The molecule has 3 heteroatoms. The summed E-state index contributed by atoms with van der Waals surface area (Å²) in [5.74, 6) is 0. The van der Waals surface area contributed by atoms with Crippen LogP contribution in [-0.4, -0.2) is 11.5 Å². The van der Waals surface area contributed by atoms with Gasteiger partial charge in [0.1, 0.15) is 0 Å². The normalized spacial score (nSPS) is 10.4. The number of thiazole rings is 1. The third-order valence-electron chi connectivity index (χ3n) is 2.09. The smallest absolute Gasteiger partial charge is 0.0811 e. The molecule has 0 aliphatic rings. The number of hydrogen-bond acceptors (Lipinski definition) is 3. The zero-order valence-corrected chi connectivity index (χ0v) is 8.63. The summed E-state index contributed by atoms with van der Waals surface area (Å²) in [5, 5.41) is 2.06. The van der Waals surface area contributed by atoms with Crippen LogP contribution in [0.5, 0.6) is 0 Å². The molecule has 0 aliphatic carbocycles. The van der Waals surface area contributed by atoms with Gasteiger partial charge in [-0.05, 0) is 24.6 Å². The van der Waals surface area contributed by atoms with Gasteiger partial charge in [0.15, 0.2) is 0 Å². The SMILES string of the molecule is NCCc1cccc(-c2cscn2)c1. The van der Waals surface area contributed by atoms with E-state index in [9.17, 15) is 0 Å². The van der Waals surface area contributed by atoms with Crippen LogP contribution in [0.25, 0.3) is 11.3 Å². The average molecular weight is 204 g/mol. The van der Waals surface area contributed by atoms with Crippen molar-refractivity contribution < 1.29 is 0 Å². The summed E-state index contributed by atoms with van der Waals surface area (Å²) in [6.45, 7) is 0.695. The van der Waals surface area contributed by atoms with Crippen molar-refractivity contribution in [1.29, 1.82) is 0 Å². The molecule has 1 aromatic carbocycles. The van der Waals surface area contributed by atoms with E-state index in [0.29, 0.717) is 6.54 Å². The monoisotopic (exact) mass is 204 g/mol. The van der Waals surface area contributed by atoms with E-state index < -0.39 is 0 Å². The van der Waals surface area contributed by atoms with Crippen molar-refractivity contribution >= 4 is 11.3 Å². The second-order valence-corrected chi connectivity index (χ2v) is 3.83. The first-order chi connectivity index (χ1) is 6.90. The Morgan fingerprint density at radius 3 is 3.00 bits per heavy atom. The van der Waals surface area contributed by atoms with Crippen LogP contribution in [0.2, 0.25) is 0 Å². The summed E-state index contributed by atoms with van der Waals surface area (Å²) >= 11 is 1.62. The fourth-order valence-electron chi connectivity index (χ4n) is 1.41. The lowest BCUT2D eigenvalue weighted by atomic mass is 10.1. The third-order valence-corrected chi connectivity index (χ3v) is 2.67. The zero-order chi connectivity index (χ0) is 9.80. The Bertz CT molecular complexity index is 395. The van der Waals surface area contributed by atoms with Crippen molar-refractivity contribution in [1.82, 2.24) is 4.98 Å². The predicted octanol–water partition coefficient (Wildman–Crippen LogP) is 2.31. The number of rotatable bonds is 3. The average Bonchev–Trinajstić information content (AvgIpc) is 2.71. The van der Waals surface area contributed by atoms with Gasteiger partial charge >= 0.3 is 0 Å². The van der Waals surface area contributed by atoms with Crippen LogP contribution < -0.4 is 5.73 Å². The van der Waals surface area contributed by atoms with Gasteiger partial charge in [-0.2, -0.15) is 0 Å². The van der Waals surface area contributed by atoms with Gasteiger partial charge in [-0.1, -0.05) is 18.2 Å². The quantitative estimate of drug-likeness (QED) is 0.833. The number of nitrogens with zero attached hydrogens (tertiary/aromatic N) is 1. The molecule has 0 fully saturated rings. The van der Waals surface area contributed by atoms with Gasteiger partial charge in [-0.15, -0.1) is 11.3 Å². The highest BCUT2D eigenvalue weighted by atomic mass is 32.1. The highest BCUT2D eigenvalue weighted by Gasteiger charge is 1.99. The molecular formula is C11H12N2S. The van der Waals surface area contributed by atoms with E-state index in [0.717, 1.165) is 12.1 Å². The van der Waals surface area contributed by atoms with Crippen LogP contribution in [0.15, 0.2) is 35.2 Å². The molecule has 1 heterocycles. The molecule has 14 heavy (non-hydrogen) atoms. The predicted molar refractivity (Wildman–Crippen MR) is 60.3 cm³/mol. The van der Waals surface area contributed by atoms with Gasteiger partial charge in [-0.25, -0.2) is 4.98 Å². The molecule has 2 aromatic rings. The lowest BCUT2D eigenvalue weighted by Crippen LogP contribution is -2.02. The summed E-state index contributed by atoms with van der Waals surface area (Å²) in [6.07, 6.45) is 0.929. The summed E-state index contributed by atoms with van der Waals surface area (Å²) in [7, 11) is 0. The van der Waals surface area contributed by atoms with E-state index >= 15 is 0 Å². The van der Waals surface area contributed by atoms with Crippen LogP contribution in [-0.2, 0) is 6.42 Å². The summed E-state index contributed by atoms with van der Waals surface area (Å²) in [4.78, 5) is 4.27. The molecule has 2 N–H and O–H groups in total. The molecule has 0 unspecified atom stereocenters. The van der Waals surface area contributed by atoms with Gasteiger partial charge in [0.05, 0.1) is 11.2 Å². The van der Waals surface area contributed by atoms with E-state index in [4.69, 9.17) is 5.73 Å². The Kier molecular flexibility index (Phi) is 2.91. The Morgan fingerprint density at radius 1 is 1.36 bits per heavy atom. The molecule has 2 rings (SSSR count). The molecule has 0 spiro atoms. The molecule has 0 radical (unpaired) electrons. The first kappa shape index (κ1) is 9.37. The maximum Gasteiger partial charge on any atom is 0.0811 e. The van der Waals surface area contributed by atoms with Crippen LogP contribution in [0.3, 0.4) is 0 Å². The topological polar surface area (TPSA) is 38.9 Å². The largest absolute Gasteiger partial charge is 0.330 e. The minimum absolute atomic E-state index is 0.695. The summed E-state index contributed by atoms with van der Waals surface area (Å²) in [5.41, 5.74) is 10.9. The van der Waals surface area contributed by atoms with E-state index in [1.165, 1.54) is 11.1 Å². The Labute approximate surface area is 87.4 Å². The Balaban J connectivity index is 2.31. The van der Waals surface area contributed by atoms with E-state index in [2.05, 4.69) is 34.6 Å². The van der Waals surface area contributed by atoms with E-state index in [1.54, 1.807) is 11.3 Å². The lowest BCUT2D eigenvalue weighted by Gasteiger charge is -2.01. The number of nitrogens with two attached hydrogens (primary N) is 1. The van der Waals surface area contributed by atoms with Crippen LogP contribution in [0.4, 0.5) is 0 Å². The van der Waals surface area contributed by atoms with E-state index in [1.807, 2.05) is 5.51 Å². The molecular weight excluding hydrogens is 192 g/mol. The van der Waals surface area contributed by atoms with Crippen molar-refractivity contribution in [2.75, 3.05) is 6.54 Å². The number of benzene rings is 1. The van der Waals surface area contributed by atoms with Crippen molar-refractivity contribution in [3.63, 3.8) is 0 Å². The van der Waals surface area contributed by atoms with Gasteiger partial charge in [0.2, 0.25) is 0 Å². The molecule has 0 aliphatic heterocycles. The first-order valence-corrected chi connectivity index (χ1v) is 5.52. The van der Waals surface area contributed by atoms with Crippen LogP contribution in [0.1, 0.15) is 5.56 Å². The molecule has 1 aromatic heterocycles. The molecule has 0 amide bonds. The van der Waals surface area contributed by atoms with Crippen molar-refractivity contribution in [2.45, 2.75) is 6.42 Å². The minimum atomic E-state index is 0.695. The lowest BCUT2D eigenvalue weighted by molar-refractivity contribution is 0.969. The third kappa shape index (κ3) is 2.00. The Morgan fingerprint density at radius 2 is 2.29 bits per heavy atom. The highest BCUT2D eigenvalue weighted by molar-refractivity contribution is 7.07. The van der Waals surface area contributed by atoms with Gasteiger partial charge in [0, 0.05) is 10.9 Å². The summed E-state index contributed by atoms with van der Waals surface area (Å²) in [6, 6.07) is 8.39. The maximum atomic E-state index is 5.52. The van der Waals surface area contributed by atoms with Gasteiger partial charge in [-0.3, -0.25) is 0 Å². The number of aromatic nitrogens is 1. The van der Waals surface area contributed by atoms with Crippen molar-refractivity contribution in [3.8, 4) is 11.3 Å². The molecule has 0 bridgehead atoms. The molecule has 72 valence electrons. The zero-order valence-electron chi connectivity index (χ0n) is 7.81. The Hall–Kier alpha value is -1.19. The van der Waals surface area contributed by atoms with Crippen molar-refractivity contribution in [3.05, 3.63) is 40.7 Å². The second-order valence-electron chi connectivity index (χ2n) is 3.11. The molecule has 0 atom stereocenters. The first-order valence-electron chi connectivity index (χ1n) is 4.58. The highest BCUT2D eigenvalue weighted by Crippen LogP contribution is 2.19. The van der Waals surface area contributed by atoms with Crippen LogP contribution >= 0.6 is 11.3 Å². The second kappa shape index (κ2) is 4.35. The van der Waals surface area contributed by atoms with Crippen molar-refractivity contribution in [2.24, 2.45) is 5.73 Å². The standard InChI is InChI=1S/C11H12N2S/c12-5-4-9-2-1-3-10(6-9)11-7-14-8-13-11/h1-3,6-8H,4-5,12H2. The van der Waals surface area contributed by atoms with E-state index in [-0.39, 0.29) is 0 Å². The number of hydrogen-bond donors (Lipinski definition) is 1. The van der Waals surface area contributed by atoms with Crippen LogP contribution in [0, 0.1) is 0 Å². The fourth-order valence-corrected chi connectivity index (χ4v) is 1.97. The molecule has 0 saturated carbocycles. The fraction of sp³-hybridized carbons (Fsp3) is 0.182. The molecule has 2 nitrogen and oxygen atoms in total. The minimum Gasteiger partial charge on any atom is -0.330 e. The van der Waals surface area contributed by atoms with Gasteiger partial charge in [0.25, 0.3) is 0 Å². The maximum absolute atomic E-state index is 5.52. The molecule has 0 saturated heterocycles.